The van der Waals surface area contributed by atoms with Crippen molar-refractivity contribution in [3.8, 4) is 11.8 Å². The molecule has 0 N–H and O–H groups in total. The minimum absolute atomic E-state index is 0.0224. The van der Waals surface area contributed by atoms with Crippen LogP contribution in [0.5, 0.6) is 0 Å². The van der Waals surface area contributed by atoms with Crippen LogP contribution in [0.1, 0.15) is 10.5 Å². The van der Waals surface area contributed by atoms with Crippen molar-refractivity contribution >= 4 is 5.91 Å². The lowest BCUT2D eigenvalue weighted by atomic mass is 10.3. The molecule has 0 atom stereocenters. The summed E-state index contributed by atoms with van der Waals surface area (Å²) in [4.78, 5) is 13.1. The highest BCUT2D eigenvalue weighted by Crippen LogP contribution is 2.12. The first-order valence-electron chi connectivity index (χ1n) is 5.56. The predicted octanol–water partition coefficient (Wildman–Crippen LogP) is 1.61. The molecule has 19 heavy (non-hydrogen) atoms. The standard InChI is InChI=1S/C13H11FN4O/c1-17(9-7-15)13(19)11-6-8-18(16-11)12-5-3-2-4-10(12)14/h2-6,8H,9H2,1H3. The van der Waals surface area contributed by atoms with Crippen LogP contribution in [-0.2, 0) is 0 Å². The lowest BCUT2D eigenvalue weighted by Gasteiger charge is -2.10. The first-order valence-corrected chi connectivity index (χ1v) is 5.56. The molecule has 0 aliphatic carbocycles. The van der Waals surface area contributed by atoms with Gasteiger partial charge in [0, 0.05) is 13.2 Å². The molecule has 2 aromatic rings. The number of hydrogen-bond donors (Lipinski definition) is 0. The molecule has 1 aromatic heterocycles. The van der Waals surface area contributed by atoms with E-state index in [1.807, 2.05) is 6.07 Å². The van der Waals surface area contributed by atoms with Crippen LogP contribution in [0.25, 0.3) is 5.69 Å². The Bertz CT molecular complexity index is 644. The smallest absolute Gasteiger partial charge is 0.274 e. The van der Waals surface area contributed by atoms with E-state index in [-0.39, 0.29) is 23.8 Å². The molecular formula is C13H11FN4O. The molecule has 2 rings (SSSR count). The minimum atomic E-state index is -0.421. The van der Waals surface area contributed by atoms with E-state index >= 15 is 0 Å². The Labute approximate surface area is 109 Å². The van der Waals surface area contributed by atoms with Gasteiger partial charge in [0.1, 0.15) is 18.0 Å². The van der Waals surface area contributed by atoms with Crippen molar-refractivity contribution in [3.05, 3.63) is 48.0 Å². The molecule has 0 unspecified atom stereocenters. The summed E-state index contributed by atoms with van der Waals surface area (Å²) in [5.41, 5.74) is 0.436. The Morgan fingerprint density at radius 2 is 2.21 bits per heavy atom. The average Bonchev–Trinajstić information content (AvgIpc) is 2.88. The van der Waals surface area contributed by atoms with E-state index < -0.39 is 5.82 Å². The summed E-state index contributed by atoms with van der Waals surface area (Å²) in [6, 6.07) is 9.51. The van der Waals surface area contributed by atoms with Crippen molar-refractivity contribution in [3.63, 3.8) is 0 Å². The number of rotatable bonds is 3. The van der Waals surface area contributed by atoms with Gasteiger partial charge >= 0.3 is 0 Å². The number of aromatic nitrogens is 2. The number of hydrogen-bond acceptors (Lipinski definition) is 3. The summed E-state index contributed by atoms with van der Waals surface area (Å²) in [6.45, 7) is -0.0224. The largest absolute Gasteiger partial charge is 0.327 e. The van der Waals surface area contributed by atoms with Gasteiger partial charge in [-0.15, -0.1) is 0 Å². The Morgan fingerprint density at radius 1 is 1.47 bits per heavy atom. The normalized spacial score (nSPS) is 9.95. The molecule has 0 spiro atoms. The number of carbonyl (C=O) groups excluding carboxylic acids is 1. The second kappa shape index (κ2) is 5.31. The maximum Gasteiger partial charge on any atom is 0.274 e. The van der Waals surface area contributed by atoms with Crippen molar-refractivity contribution in [2.75, 3.05) is 13.6 Å². The molecule has 0 saturated heterocycles. The first kappa shape index (κ1) is 12.8. The van der Waals surface area contributed by atoms with Gasteiger partial charge in [-0.25, -0.2) is 9.07 Å². The average molecular weight is 258 g/mol. The van der Waals surface area contributed by atoms with Gasteiger partial charge in [-0.3, -0.25) is 4.79 Å². The monoisotopic (exact) mass is 258 g/mol. The van der Waals surface area contributed by atoms with E-state index in [2.05, 4.69) is 5.10 Å². The van der Waals surface area contributed by atoms with E-state index in [9.17, 15) is 9.18 Å². The SMILES string of the molecule is CN(CC#N)C(=O)c1ccn(-c2ccccc2F)n1. The van der Waals surface area contributed by atoms with E-state index in [0.717, 1.165) is 0 Å². The van der Waals surface area contributed by atoms with Crippen LogP contribution in [-0.4, -0.2) is 34.2 Å². The molecule has 0 aliphatic heterocycles. The van der Waals surface area contributed by atoms with Gasteiger partial charge in [0.15, 0.2) is 5.69 Å². The van der Waals surface area contributed by atoms with Crippen molar-refractivity contribution in [2.45, 2.75) is 0 Å². The third kappa shape index (κ3) is 2.60. The van der Waals surface area contributed by atoms with E-state index in [0.29, 0.717) is 0 Å². The fourth-order valence-corrected chi connectivity index (χ4v) is 1.58. The van der Waals surface area contributed by atoms with Gasteiger partial charge in [-0.2, -0.15) is 10.4 Å². The van der Waals surface area contributed by atoms with Gasteiger partial charge in [0.05, 0.1) is 6.07 Å². The van der Waals surface area contributed by atoms with E-state index in [4.69, 9.17) is 5.26 Å². The predicted molar refractivity (Wildman–Crippen MR) is 66.1 cm³/mol. The lowest BCUT2D eigenvalue weighted by Crippen LogP contribution is -2.27. The zero-order valence-corrected chi connectivity index (χ0v) is 10.2. The van der Waals surface area contributed by atoms with Gasteiger partial charge in [0.2, 0.25) is 0 Å². The fourth-order valence-electron chi connectivity index (χ4n) is 1.58. The van der Waals surface area contributed by atoms with Crippen molar-refractivity contribution in [2.24, 2.45) is 0 Å². The quantitative estimate of drug-likeness (QED) is 0.786. The number of benzene rings is 1. The van der Waals surface area contributed by atoms with Crippen LogP contribution in [0.2, 0.25) is 0 Å². The van der Waals surface area contributed by atoms with Gasteiger partial charge in [0.25, 0.3) is 5.91 Å². The summed E-state index contributed by atoms with van der Waals surface area (Å²) < 4.78 is 14.9. The Kier molecular flexibility index (Phi) is 3.57. The molecule has 96 valence electrons. The van der Waals surface area contributed by atoms with Crippen LogP contribution in [0, 0.1) is 17.1 Å². The molecule has 5 nitrogen and oxygen atoms in total. The summed E-state index contributed by atoms with van der Waals surface area (Å²) in [6.07, 6.45) is 1.51. The second-order valence-corrected chi connectivity index (χ2v) is 3.92. The fraction of sp³-hybridized carbons (Fsp3) is 0.154. The van der Waals surface area contributed by atoms with Gasteiger partial charge < -0.3 is 4.90 Å². The molecule has 0 aliphatic rings. The minimum Gasteiger partial charge on any atom is -0.327 e. The lowest BCUT2D eigenvalue weighted by molar-refractivity contribution is 0.0805. The molecule has 0 radical (unpaired) electrons. The third-order valence-corrected chi connectivity index (χ3v) is 2.56. The summed E-state index contributed by atoms with van der Waals surface area (Å²) in [5.74, 6) is -0.799. The van der Waals surface area contributed by atoms with Crippen LogP contribution >= 0.6 is 0 Å². The van der Waals surface area contributed by atoms with E-state index in [1.165, 1.54) is 35.0 Å². The summed E-state index contributed by atoms with van der Waals surface area (Å²) in [7, 11) is 1.51. The zero-order chi connectivity index (χ0) is 13.8. The highest BCUT2D eigenvalue weighted by Gasteiger charge is 2.15. The maximum absolute atomic E-state index is 13.6. The highest BCUT2D eigenvalue weighted by molar-refractivity contribution is 5.92. The van der Waals surface area contributed by atoms with E-state index in [1.54, 1.807) is 18.2 Å². The molecule has 0 saturated carbocycles. The Hall–Kier alpha value is -2.68. The van der Waals surface area contributed by atoms with Crippen molar-refractivity contribution < 1.29 is 9.18 Å². The Balaban J connectivity index is 2.28. The second-order valence-electron chi connectivity index (χ2n) is 3.92. The Morgan fingerprint density at radius 3 is 2.89 bits per heavy atom. The van der Waals surface area contributed by atoms with Crippen LogP contribution in [0.3, 0.4) is 0 Å². The number of carbonyl (C=O) groups is 1. The molecule has 1 heterocycles. The number of halogens is 1. The topological polar surface area (TPSA) is 61.9 Å². The molecular weight excluding hydrogens is 247 g/mol. The van der Waals surface area contributed by atoms with Crippen LogP contribution in [0.4, 0.5) is 4.39 Å². The molecule has 0 bridgehead atoms. The highest BCUT2D eigenvalue weighted by atomic mass is 19.1. The number of amides is 1. The van der Waals surface area contributed by atoms with Gasteiger partial charge in [-0.1, -0.05) is 12.1 Å². The maximum atomic E-state index is 13.6. The number of nitriles is 1. The molecule has 6 heteroatoms. The van der Waals surface area contributed by atoms with Crippen LogP contribution < -0.4 is 0 Å². The van der Waals surface area contributed by atoms with Crippen molar-refractivity contribution in [1.29, 1.82) is 5.26 Å². The number of nitrogens with zero attached hydrogens (tertiary/aromatic N) is 4. The first-order chi connectivity index (χ1) is 9.13. The molecule has 0 fully saturated rings. The molecule has 1 aromatic carbocycles. The van der Waals surface area contributed by atoms with Gasteiger partial charge in [-0.05, 0) is 18.2 Å². The summed E-state index contributed by atoms with van der Waals surface area (Å²) >= 11 is 0. The number of para-hydroxylation sites is 1. The molecule has 1 amide bonds. The summed E-state index contributed by atoms with van der Waals surface area (Å²) in [5, 5.41) is 12.6. The van der Waals surface area contributed by atoms with Crippen LogP contribution in [0.15, 0.2) is 36.5 Å². The van der Waals surface area contributed by atoms with Crippen molar-refractivity contribution in [1.82, 2.24) is 14.7 Å². The third-order valence-electron chi connectivity index (χ3n) is 2.56. The zero-order valence-electron chi connectivity index (χ0n) is 10.2.